The summed E-state index contributed by atoms with van der Waals surface area (Å²) in [6, 6.07) is 0. The molecule has 0 aliphatic rings. The predicted octanol–water partition coefficient (Wildman–Crippen LogP) is 11.7. The van der Waals surface area contributed by atoms with Crippen molar-refractivity contribution in [1.29, 1.82) is 0 Å². The van der Waals surface area contributed by atoms with Crippen LogP contribution in [0.5, 0.6) is 0 Å². The van der Waals surface area contributed by atoms with E-state index in [4.69, 9.17) is 18.9 Å². The van der Waals surface area contributed by atoms with E-state index in [-0.39, 0.29) is 38.6 Å². The van der Waals surface area contributed by atoms with Gasteiger partial charge in [0, 0.05) is 12.8 Å². The van der Waals surface area contributed by atoms with Gasteiger partial charge < -0.3 is 28.5 Å². The fourth-order valence-corrected chi connectivity index (χ4v) is 5.17. The molecule has 0 aromatic rings. The number of likely N-dealkylation sites (N-methyl/N-ethyl adjacent to an activating group) is 1. The molecule has 2 unspecified atom stereocenters. The molecule has 0 fully saturated rings. The molecular formula is C50H80NO8+. The smallest absolute Gasteiger partial charge is 0.361 e. The lowest BCUT2D eigenvalue weighted by molar-refractivity contribution is -0.870. The molecule has 332 valence electrons. The molecule has 1 N–H and O–H groups in total. The summed E-state index contributed by atoms with van der Waals surface area (Å²) >= 11 is 0. The zero-order chi connectivity index (χ0) is 43.5. The minimum absolute atomic E-state index is 0.124. The van der Waals surface area contributed by atoms with E-state index >= 15 is 0 Å². The molecule has 0 spiro atoms. The van der Waals surface area contributed by atoms with Crippen molar-refractivity contribution in [2.24, 2.45) is 0 Å². The Morgan fingerprint density at radius 2 is 0.949 bits per heavy atom. The number of ether oxygens (including phenoxy) is 4. The Hall–Kier alpha value is -4.05. The van der Waals surface area contributed by atoms with Crippen LogP contribution in [0.4, 0.5) is 0 Å². The number of carboxylic acids is 1. The van der Waals surface area contributed by atoms with Crippen LogP contribution in [0.1, 0.15) is 129 Å². The van der Waals surface area contributed by atoms with E-state index in [1.165, 1.54) is 0 Å². The van der Waals surface area contributed by atoms with Crippen molar-refractivity contribution in [2.45, 2.75) is 142 Å². The van der Waals surface area contributed by atoms with Gasteiger partial charge in [0.25, 0.3) is 6.29 Å². The van der Waals surface area contributed by atoms with Crippen molar-refractivity contribution in [3.05, 3.63) is 109 Å². The van der Waals surface area contributed by atoms with Gasteiger partial charge in [-0.2, -0.15) is 0 Å². The molecule has 9 heteroatoms. The Bertz CT molecular complexity index is 1330. The molecule has 0 aromatic heterocycles. The van der Waals surface area contributed by atoms with Crippen LogP contribution in [0.15, 0.2) is 109 Å². The second kappa shape index (κ2) is 40.7. The van der Waals surface area contributed by atoms with Crippen molar-refractivity contribution in [1.82, 2.24) is 0 Å². The highest BCUT2D eigenvalue weighted by Gasteiger charge is 2.25. The number of rotatable bonds is 38. The fourth-order valence-electron chi connectivity index (χ4n) is 5.17. The zero-order valence-corrected chi connectivity index (χ0v) is 37.4. The van der Waals surface area contributed by atoms with Crippen LogP contribution in [-0.4, -0.2) is 87.4 Å². The van der Waals surface area contributed by atoms with Crippen LogP contribution < -0.4 is 0 Å². The lowest BCUT2D eigenvalue weighted by Gasteiger charge is -2.25. The number of allylic oxidation sites excluding steroid dienone is 18. The number of carbonyl (C=O) groups is 3. The Kier molecular flexibility index (Phi) is 37.9. The van der Waals surface area contributed by atoms with Crippen LogP contribution >= 0.6 is 0 Å². The molecule has 0 bridgehead atoms. The van der Waals surface area contributed by atoms with Crippen LogP contribution in [0.25, 0.3) is 0 Å². The van der Waals surface area contributed by atoms with Crippen molar-refractivity contribution in [2.75, 3.05) is 47.5 Å². The Morgan fingerprint density at radius 1 is 0.508 bits per heavy atom. The van der Waals surface area contributed by atoms with E-state index in [2.05, 4.69) is 111 Å². The highest BCUT2D eigenvalue weighted by molar-refractivity contribution is 5.71. The molecule has 0 saturated carbocycles. The molecule has 2 atom stereocenters. The predicted molar refractivity (Wildman–Crippen MR) is 244 cm³/mol. The summed E-state index contributed by atoms with van der Waals surface area (Å²) in [6.07, 6.45) is 51.6. The van der Waals surface area contributed by atoms with Gasteiger partial charge in [0.15, 0.2) is 6.10 Å². The Labute approximate surface area is 358 Å². The lowest BCUT2D eigenvalue weighted by Crippen LogP contribution is -2.40. The Morgan fingerprint density at radius 3 is 1.42 bits per heavy atom. The number of aliphatic carboxylic acids is 1. The summed E-state index contributed by atoms with van der Waals surface area (Å²) in [6.45, 7) is 4.49. The van der Waals surface area contributed by atoms with Crippen LogP contribution in [0.3, 0.4) is 0 Å². The van der Waals surface area contributed by atoms with Crippen molar-refractivity contribution >= 4 is 17.9 Å². The number of hydrogen-bond donors (Lipinski definition) is 1. The molecule has 0 saturated heterocycles. The summed E-state index contributed by atoms with van der Waals surface area (Å²) in [4.78, 5) is 37.1. The largest absolute Gasteiger partial charge is 0.477 e. The van der Waals surface area contributed by atoms with E-state index in [0.717, 1.165) is 89.9 Å². The van der Waals surface area contributed by atoms with Gasteiger partial charge in [-0.3, -0.25) is 9.59 Å². The first-order valence-electron chi connectivity index (χ1n) is 22.1. The number of unbranched alkanes of at least 4 members (excludes halogenated alkanes) is 5. The molecule has 0 aliphatic heterocycles. The van der Waals surface area contributed by atoms with Gasteiger partial charge >= 0.3 is 17.9 Å². The first-order valence-corrected chi connectivity index (χ1v) is 22.1. The summed E-state index contributed by atoms with van der Waals surface area (Å²) in [5.41, 5.74) is 0. The average Bonchev–Trinajstić information content (AvgIpc) is 3.19. The molecule has 0 amide bonds. The minimum atomic E-state index is -1.54. The van der Waals surface area contributed by atoms with Gasteiger partial charge in [-0.1, -0.05) is 142 Å². The second-order valence-electron chi connectivity index (χ2n) is 15.2. The minimum Gasteiger partial charge on any atom is -0.477 e. The molecule has 9 nitrogen and oxygen atoms in total. The van der Waals surface area contributed by atoms with Crippen LogP contribution in [0, 0.1) is 0 Å². The Balaban J connectivity index is 4.64. The SMILES string of the molecule is CC/C=C\C/C=C\C/C=C\C/C=C\C/C=C\C/C=C\CCC(=O)OC(COC(=O)CCCCCCC/C=C\C/C=C\C/C=C\CC)COC(OCC[N+](C)(C)C)C(=O)O. The van der Waals surface area contributed by atoms with Gasteiger partial charge in [-0.15, -0.1) is 0 Å². The molecule has 0 rings (SSSR count). The molecule has 0 heterocycles. The van der Waals surface area contributed by atoms with Crippen molar-refractivity contribution in [3.63, 3.8) is 0 Å². The summed E-state index contributed by atoms with van der Waals surface area (Å²) in [5, 5.41) is 9.63. The maximum Gasteiger partial charge on any atom is 0.361 e. The summed E-state index contributed by atoms with van der Waals surface area (Å²) in [5.74, 6) is -2.16. The van der Waals surface area contributed by atoms with Crippen LogP contribution in [-0.2, 0) is 33.3 Å². The third kappa shape index (κ3) is 41.9. The number of quaternary nitrogens is 1. The highest BCUT2D eigenvalue weighted by atomic mass is 16.7. The van der Waals surface area contributed by atoms with E-state index < -0.39 is 24.3 Å². The standard InChI is InChI=1S/C50H79NO8/c1-6-8-10-12-14-16-18-20-22-23-24-25-27-29-31-33-35-37-39-41-48(53)59-46(45-58-50(49(54)55)56-43-42-51(3,4)5)44-57-47(52)40-38-36-34-32-30-28-26-21-19-17-15-13-11-9-7-2/h8-11,14-17,20-22,24-26,29,31,35,37,46,50H,6-7,12-13,18-19,23,27-28,30,32-34,36,38-45H2,1-5H3/p+1/b10-8-,11-9-,16-14-,17-15-,22-20-,25-24-,26-21-,31-29-,37-35-. The number of esters is 2. The monoisotopic (exact) mass is 823 g/mol. The topological polar surface area (TPSA) is 108 Å². The van der Waals surface area contributed by atoms with Crippen LogP contribution in [0.2, 0.25) is 0 Å². The second-order valence-corrected chi connectivity index (χ2v) is 15.2. The van der Waals surface area contributed by atoms with Crippen molar-refractivity contribution in [3.8, 4) is 0 Å². The molecule has 0 radical (unpaired) electrons. The molecule has 0 aromatic carbocycles. The van der Waals surface area contributed by atoms with Gasteiger partial charge in [0.1, 0.15) is 13.2 Å². The molecule has 59 heavy (non-hydrogen) atoms. The lowest BCUT2D eigenvalue weighted by atomic mass is 10.1. The third-order valence-electron chi connectivity index (χ3n) is 8.54. The van der Waals surface area contributed by atoms with E-state index in [9.17, 15) is 19.5 Å². The number of nitrogens with zero attached hydrogens (tertiary/aromatic N) is 1. The number of carboxylic acid groups (broad SMARTS) is 1. The van der Waals surface area contributed by atoms with E-state index in [1.54, 1.807) is 0 Å². The third-order valence-corrected chi connectivity index (χ3v) is 8.54. The van der Waals surface area contributed by atoms with Gasteiger partial charge in [0.2, 0.25) is 0 Å². The summed E-state index contributed by atoms with van der Waals surface area (Å²) < 4.78 is 22.6. The number of hydrogen-bond acceptors (Lipinski definition) is 7. The van der Waals surface area contributed by atoms with Crippen molar-refractivity contribution < 1.29 is 42.9 Å². The van der Waals surface area contributed by atoms with Gasteiger partial charge in [-0.05, 0) is 83.5 Å². The first kappa shape index (κ1) is 55.0. The highest BCUT2D eigenvalue weighted by Crippen LogP contribution is 2.10. The van der Waals surface area contributed by atoms with Gasteiger partial charge in [0.05, 0.1) is 34.4 Å². The maximum atomic E-state index is 12.7. The molecular weight excluding hydrogens is 743 g/mol. The van der Waals surface area contributed by atoms with E-state index in [0.29, 0.717) is 23.9 Å². The zero-order valence-electron chi connectivity index (χ0n) is 37.4. The average molecular weight is 823 g/mol. The fraction of sp³-hybridized carbons (Fsp3) is 0.580. The first-order chi connectivity index (χ1) is 28.6. The van der Waals surface area contributed by atoms with E-state index in [1.807, 2.05) is 33.3 Å². The normalized spacial score (nSPS) is 14.0. The van der Waals surface area contributed by atoms with Gasteiger partial charge in [-0.25, -0.2) is 4.79 Å². The summed E-state index contributed by atoms with van der Waals surface area (Å²) in [7, 11) is 5.91. The maximum absolute atomic E-state index is 12.7. The number of carbonyl (C=O) groups excluding carboxylic acids is 2. The molecule has 0 aliphatic carbocycles. The quantitative estimate of drug-likeness (QED) is 0.0216.